The van der Waals surface area contributed by atoms with Crippen LogP contribution in [0.4, 0.5) is 11.4 Å². The number of rotatable bonds is 9. The molecule has 144 valence electrons. The van der Waals surface area contributed by atoms with E-state index in [-0.39, 0.29) is 17.0 Å². The second-order valence-electron chi connectivity index (χ2n) is 5.66. The molecule has 2 aromatic carbocycles. The zero-order valence-corrected chi connectivity index (χ0v) is 15.5. The highest BCUT2D eigenvalue weighted by molar-refractivity contribution is 6.05. The van der Waals surface area contributed by atoms with Gasteiger partial charge in [-0.3, -0.25) is 14.9 Å². The predicted molar refractivity (Wildman–Crippen MR) is 101 cm³/mol. The molecule has 0 atom stereocenters. The van der Waals surface area contributed by atoms with Crippen LogP contribution in [-0.2, 0) is 0 Å². The highest BCUT2D eigenvalue weighted by Crippen LogP contribution is 2.31. The van der Waals surface area contributed by atoms with Crippen LogP contribution < -0.4 is 19.5 Å². The summed E-state index contributed by atoms with van der Waals surface area (Å²) in [7, 11) is 2.85. The number of hydrogen-bond donors (Lipinski definition) is 1. The van der Waals surface area contributed by atoms with Gasteiger partial charge in [-0.25, -0.2) is 0 Å². The summed E-state index contributed by atoms with van der Waals surface area (Å²) < 4.78 is 15.9. The Morgan fingerprint density at radius 3 is 2.48 bits per heavy atom. The van der Waals surface area contributed by atoms with Crippen molar-refractivity contribution in [2.24, 2.45) is 0 Å². The number of nitro benzene ring substituents is 1. The maximum atomic E-state index is 12.6. The van der Waals surface area contributed by atoms with Crippen LogP contribution in [0.15, 0.2) is 36.4 Å². The number of nitrogens with zero attached hydrogens (tertiary/aromatic N) is 1. The molecule has 0 aliphatic heterocycles. The molecule has 8 heteroatoms. The van der Waals surface area contributed by atoms with E-state index in [0.717, 1.165) is 12.8 Å². The number of anilines is 1. The normalized spacial score (nSPS) is 10.2. The number of amides is 1. The van der Waals surface area contributed by atoms with Crippen molar-refractivity contribution >= 4 is 17.3 Å². The SMILES string of the molecule is CCCCOc1ccc(OC)cc1NC(=O)c1ccc(OC)c([N+](=O)[O-])c1. The van der Waals surface area contributed by atoms with Crippen LogP contribution >= 0.6 is 0 Å². The molecule has 2 rings (SSSR count). The molecule has 2 aromatic rings. The molecular formula is C19H22N2O6. The molecule has 8 nitrogen and oxygen atoms in total. The minimum atomic E-state index is -0.597. The molecule has 0 heterocycles. The van der Waals surface area contributed by atoms with Crippen molar-refractivity contribution in [3.63, 3.8) is 0 Å². The average molecular weight is 374 g/mol. The fourth-order valence-electron chi connectivity index (χ4n) is 2.35. The second-order valence-corrected chi connectivity index (χ2v) is 5.66. The Bertz CT molecular complexity index is 822. The molecule has 1 amide bonds. The van der Waals surface area contributed by atoms with Gasteiger partial charge < -0.3 is 19.5 Å². The first-order valence-electron chi connectivity index (χ1n) is 8.44. The minimum Gasteiger partial charge on any atom is -0.497 e. The third kappa shape index (κ3) is 5.10. The molecule has 1 N–H and O–H groups in total. The first-order valence-corrected chi connectivity index (χ1v) is 8.44. The van der Waals surface area contributed by atoms with Crippen LogP contribution in [0.3, 0.4) is 0 Å². The summed E-state index contributed by atoms with van der Waals surface area (Å²) in [4.78, 5) is 23.2. The molecule has 0 radical (unpaired) electrons. The van der Waals surface area contributed by atoms with Crippen LogP contribution in [0.5, 0.6) is 17.2 Å². The topological polar surface area (TPSA) is 99.9 Å². The number of unbranched alkanes of at least 4 members (excludes halogenated alkanes) is 1. The third-order valence-corrected chi connectivity index (χ3v) is 3.83. The Morgan fingerprint density at radius 1 is 1.11 bits per heavy atom. The number of carbonyl (C=O) groups excluding carboxylic acids is 1. The number of methoxy groups -OCH3 is 2. The molecule has 0 aliphatic rings. The van der Waals surface area contributed by atoms with Crippen LogP contribution in [0, 0.1) is 10.1 Å². The van der Waals surface area contributed by atoms with Gasteiger partial charge in [0.25, 0.3) is 5.91 Å². The average Bonchev–Trinajstić information content (AvgIpc) is 2.68. The van der Waals surface area contributed by atoms with Crippen molar-refractivity contribution in [1.82, 2.24) is 0 Å². The van der Waals surface area contributed by atoms with Gasteiger partial charge in [-0.1, -0.05) is 13.3 Å². The van der Waals surface area contributed by atoms with Gasteiger partial charge in [0.05, 0.1) is 31.4 Å². The van der Waals surface area contributed by atoms with Gasteiger partial charge in [0, 0.05) is 17.7 Å². The molecular weight excluding hydrogens is 352 g/mol. The standard InChI is InChI=1S/C19H22N2O6/c1-4-5-10-27-17-9-7-14(25-2)12-15(17)20-19(22)13-6-8-18(26-3)16(11-13)21(23)24/h6-9,11-12H,4-5,10H2,1-3H3,(H,20,22). The van der Waals surface area contributed by atoms with Gasteiger partial charge in [-0.15, -0.1) is 0 Å². The zero-order valence-electron chi connectivity index (χ0n) is 15.5. The maximum Gasteiger partial charge on any atom is 0.311 e. The van der Waals surface area contributed by atoms with Crippen molar-refractivity contribution in [2.45, 2.75) is 19.8 Å². The minimum absolute atomic E-state index is 0.0847. The predicted octanol–water partition coefficient (Wildman–Crippen LogP) is 4.04. The summed E-state index contributed by atoms with van der Waals surface area (Å²) in [6, 6.07) is 9.09. The third-order valence-electron chi connectivity index (χ3n) is 3.83. The van der Waals surface area contributed by atoms with Crippen LogP contribution in [0.2, 0.25) is 0 Å². The van der Waals surface area contributed by atoms with E-state index in [0.29, 0.717) is 23.8 Å². The van der Waals surface area contributed by atoms with Gasteiger partial charge in [-0.05, 0) is 30.7 Å². The van der Waals surface area contributed by atoms with Crippen LogP contribution in [0.25, 0.3) is 0 Å². The number of carbonyl (C=O) groups is 1. The van der Waals surface area contributed by atoms with E-state index in [1.54, 1.807) is 18.2 Å². The molecule has 0 bridgehead atoms. The van der Waals surface area contributed by atoms with E-state index in [1.807, 2.05) is 0 Å². The van der Waals surface area contributed by atoms with Gasteiger partial charge in [-0.2, -0.15) is 0 Å². The van der Waals surface area contributed by atoms with Crippen molar-refractivity contribution in [3.8, 4) is 17.2 Å². The molecule has 0 aliphatic carbocycles. The lowest BCUT2D eigenvalue weighted by molar-refractivity contribution is -0.385. The van der Waals surface area contributed by atoms with Gasteiger partial charge in [0.2, 0.25) is 0 Å². The summed E-state index contributed by atoms with van der Waals surface area (Å²) >= 11 is 0. The Labute approximate surface area is 157 Å². The molecule has 0 saturated heterocycles. The summed E-state index contributed by atoms with van der Waals surface area (Å²) in [6.07, 6.45) is 1.86. The lowest BCUT2D eigenvalue weighted by atomic mass is 10.1. The van der Waals surface area contributed by atoms with Gasteiger partial charge in [0.15, 0.2) is 5.75 Å². The summed E-state index contributed by atoms with van der Waals surface area (Å²) in [6.45, 7) is 2.57. The van der Waals surface area contributed by atoms with Crippen molar-refractivity contribution in [2.75, 3.05) is 26.1 Å². The number of nitro groups is 1. The fraction of sp³-hybridized carbons (Fsp3) is 0.316. The molecule has 0 fully saturated rings. The quantitative estimate of drug-likeness (QED) is 0.404. The van der Waals surface area contributed by atoms with E-state index < -0.39 is 10.8 Å². The lowest BCUT2D eigenvalue weighted by Crippen LogP contribution is -2.14. The molecule has 0 aromatic heterocycles. The maximum absolute atomic E-state index is 12.6. The molecule has 0 spiro atoms. The Balaban J connectivity index is 2.28. The first kappa shape index (κ1) is 20.0. The lowest BCUT2D eigenvalue weighted by Gasteiger charge is -2.14. The summed E-state index contributed by atoms with van der Waals surface area (Å²) in [5.41, 5.74) is 0.272. The fourth-order valence-corrected chi connectivity index (χ4v) is 2.35. The largest absolute Gasteiger partial charge is 0.497 e. The highest BCUT2D eigenvalue weighted by atomic mass is 16.6. The van der Waals surface area contributed by atoms with Crippen molar-refractivity contribution < 1.29 is 23.9 Å². The van der Waals surface area contributed by atoms with E-state index in [4.69, 9.17) is 14.2 Å². The smallest absolute Gasteiger partial charge is 0.311 e. The Kier molecular flexibility index (Phi) is 6.99. The Hall–Kier alpha value is -3.29. The molecule has 27 heavy (non-hydrogen) atoms. The summed E-state index contributed by atoms with van der Waals surface area (Å²) in [5, 5.41) is 13.9. The number of hydrogen-bond acceptors (Lipinski definition) is 6. The zero-order chi connectivity index (χ0) is 19.8. The summed E-state index contributed by atoms with van der Waals surface area (Å²) in [5.74, 6) is 0.630. The van der Waals surface area contributed by atoms with E-state index in [1.165, 1.54) is 32.4 Å². The number of ether oxygens (including phenoxy) is 3. The number of benzene rings is 2. The van der Waals surface area contributed by atoms with Crippen molar-refractivity contribution in [1.29, 1.82) is 0 Å². The van der Waals surface area contributed by atoms with Gasteiger partial charge in [0.1, 0.15) is 11.5 Å². The van der Waals surface area contributed by atoms with E-state index in [9.17, 15) is 14.9 Å². The van der Waals surface area contributed by atoms with Crippen molar-refractivity contribution in [3.05, 3.63) is 52.1 Å². The van der Waals surface area contributed by atoms with E-state index in [2.05, 4.69) is 12.2 Å². The monoisotopic (exact) mass is 374 g/mol. The van der Waals surface area contributed by atoms with E-state index >= 15 is 0 Å². The Morgan fingerprint density at radius 2 is 1.85 bits per heavy atom. The first-order chi connectivity index (χ1) is 13.0. The number of nitrogens with one attached hydrogen (secondary N) is 1. The van der Waals surface area contributed by atoms with Crippen LogP contribution in [-0.4, -0.2) is 31.7 Å². The molecule has 0 unspecified atom stereocenters. The van der Waals surface area contributed by atoms with Crippen LogP contribution in [0.1, 0.15) is 30.1 Å². The highest BCUT2D eigenvalue weighted by Gasteiger charge is 2.19. The second kappa shape index (κ2) is 9.42. The molecule has 0 saturated carbocycles. The van der Waals surface area contributed by atoms with Gasteiger partial charge >= 0.3 is 5.69 Å².